The second-order valence-electron chi connectivity index (χ2n) is 12.0. The average Bonchev–Trinajstić information content (AvgIpc) is 3.59. The fourth-order valence-electron chi connectivity index (χ4n) is 7.44. The molecule has 3 aliphatic heterocycles. The van der Waals surface area contributed by atoms with E-state index < -0.39 is 29.1 Å². The summed E-state index contributed by atoms with van der Waals surface area (Å²) in [5.74, 6) is -1.69. The van der Waals surface area contributed by atoms with E-state index in [0.717, 1.165) is 5.56 Å². The van der Waals surface area contributed by atoms with Crippen LogP contribution in [0.2, 0.25) is 0 Å². The molecule has 3 saturated heterocycles. The van der Waals surface area contributed by atoms with E-state index in [9.17, 15) is 19.5 Å². The first kappa shape index (κ1) is 31.5. The summed E-state index contributed by atoms with van der Waals surface area (Å²) in [6, 6.07) is 16.0. The van der Waals surface area contributed by atoms with Crippen molar-refractivity contribution in [2.45, 2.75) is 56.9 Å². The number of amides is 3. The van der Waals surface area contributed by atoms with E-state index in [0.29, 0.717) is 43.9 Å². The molecule has 0 radical (unpaired) electrons. The lowest BCUT2D eigenvalue weighted by Crippen LogP contribution is -2.56. The Bertz CT molecular complexity index is 1380. The Balaban J connectivity index is 1.52. The maximum Gasteiger partial charge on any atom is 0.248 e. The number of carbonyl (C=O) groups is 3. The fourth-order valence-corrected chi connectivity index (χ4v) is 7.44. The smallest absolute Gasteiger partial charge is 0.248 e. The van der Waals surface area contributed by atoms with Crippen LogP contribution >= 0.6 is 0 Å². The monoisotopic (exact) mass is 601 g/mol. The van der Waals surface area contributed by atoms with Crippen LogP contribution in [0.3, 0.4) is 0 Å². The maximum absolute atomic E-state index is 14.5. The molecule has 1 N–H and O–H groups in total. The predicted molar refractivity (Wildman–Crippen MR) is 168 cm³/mol. The van der Waals surface area contributed by atoms with Gasteiger partial charge >= 0.3 is 0 Å². The number of aliphatic hydroxyl groups is 1. The van der Waals surface area contributed by atoms with Gasteiger partial charge in [0.15, 0.2) is 0 Å². The lowest BCUT2D eigenvalue weighted by molar-refractivity contribution is -0.151. The zero-order chi connectivity index (χ0) is 31.5. The van der Waals surface area contributed by atoms with Gasteiger partial charge in [0.2, 0.25) is 17.7 Å². The summed E-state index contributed by atoms with van der Waals surface area (Å²) in [4.78, 5) is 48.4. The van der Waals surface area contributed by atoms with Crippen LogP contribution in [0.5, 0.6) is 5.75 Å². The van der Waals surface area contributed by atoms with Crippen LogP contribution in [0.25, 0.3) is 0 Å². The highest BCUT2D eigenvalue weighted by Gasteiger charge is 2.78. The topological polar surface area (TPSA) is 99.6 Å². The number of anilines is 1. The molecule has 0 aliphatic carbocycles. The Morgan fingerprint density at radius 2 is 1.77 bits per heavy atom. The third kappa shape index (κ3) is 5.43. The van der Waals surface area contributed by atoms with E-state index in [1.54, 1.807) is 26.9 Å². The minimum atomic E-state index is -1.16. The summed E-state index contributed by atoms with van der Waals surface area (Å²) in [6.07, 6.45) is 4.66. The van der Waals surface area contributed by atoms with Crippen molar-refractivity contribution >= 4 is 23.4 Å². The normalized spacial score (nSPS) is 26.8. The maximum atomic E-state index is 14.5. The van der Waals surface area contributed by atoms with E-state index in [1.807, 2.05) is 68.4 Å². The lowest BCUT2D eigenvalue weighted by Gasteiger charge is -2.37. The first-order valence-corrected chi connectivity index (χ1v) is 15.4. The number of hydrogen-bond donors (Lipinski definition) is 1. The van der Waals surface area contributed by atoms with Gasteiger partial charge in [-0.25, -0.2) is 0 Å². The van der Waals surface area contributed by atoms with Gasteiger partial charge in [0.25, 0.3) is 0 Å². The van der Waals surface area contributed by atoms with E-state index in [2.05, 4.69) is 13.2 Å². The number of ether oxygens (including phenoxy) is 2. The standard InChI is InChI=1S/C35H43N3O6/c1-5-20-36(24-25-12-9-8-10-13-25)33(42)30-35-19-18-34(4,44-35)28(29(35)32(41)38(30)22-11-23-39)31(40)37(21-6-2)26-14-16-27(17-15-26)43-7-3/h5-6,8-10,12-17,28-30,39H,1-2,7,11,18-24H2,3-4H3/t28-,29+,30?,34+,35?/m1/s1. The molecule has 2 aromatic carbocycles. The molecular formula is C35H43N3O6. The molecule has 3 fully saturated rings. The van der Waals surface area contributed by atoms with Crippen LogP contribution in [0, 0.1) is 11.8 Å². The van der Waals surface area contributed by atoms with Crippen molar-refractivity contribution in [2.75, 3.05) is 37.7 Å². The SMILES string of the molecule is C=CCN(Cc1ccccc1)C(=O)C1N(CCCO)C(=O)[C@@H]2[C@H](C(=O)N(CC=C)c3ccc(OCC)cc3)[C@]3(C)CCC12O3. The summed E-state index contributed by atoms with van der Waals surface area (Å²) >= 11 is 0. The zero-order valence-corrected chi connectivity index (χ0v) is 25.7. The van der Waals surface area contributed by atoms with Crippen LogP contribution in [0.1, 0.15) is 38.7 Å². The van der Waals surface area contributed by atoms with Crippen LogP contribution < -0.4 is 9.64 Å². The number of rotatable bonds is 14. The van der Waals surface area contributed by atoms with Crippen molar-refractivity contribution in [3.05, 3.63) is 85.5 Å². The van der Waals surface area contributed by atoms with Gasteiger partial charge in [-0.2, -0.15) is 0 Å². The van der Waals surface area contributed by atoms with Gasteiger partial charge < -0.3 is 29.3 Å². The highest BCUT2D eigenvalue weighted by Crippen LogP contribution is 2.63. The Morgan fingerprint density at radius 3 is 2.41 bits per heavy atom. The minimum Gasteiger partial charge on any atom is -0.494 e. The number of carbonyl (C=O) groups excluding carboxylic acids is 3. The van der Waals surface area contributed by atoms with E-state index >= 15 is 0 Å². The van der Waals surface area contributed by atoms with Crippen LogP contribution in [0.15, 0.2) is 79.9 Å². The molecule has 5 rings (SSSR count). The van der Waals surface area contributed by atoms with E-state index in [4.69, 9.17) is 9.47 Å². The molecule has 9 nitrogen and oxygen atoms in total. The molecule has 234 valence electrons. The van der Waals surface area contributed by atoms with Crippen molar-refractivity contribution in [1.29, 1.82) is 0 Å². The zero-order valence-electron chi connectivity index (χ0n) is 25.7. The molecule has 3 aliphatic rings. The molecule has 44 heavy (non-hydrogen) atoms. The Labute approximate surface area is 259 Å². The average molecular weight is 602 g/mol. The molecule has 3 amide bonds. The quantitative estimate of drug-likeness (QED) is 0.329. The van der Waals surface area contributed by atoms with Crippen molar-refractivity contribution in [3.63, 3.8) is 0 Å². The first-order chi connectivity index (χ1) is 21.2. The number of hydrogen-bond acceptors (Lipinski definition) is 6. The predicted octanol–water partition coefficient (Wildman–Crippen LogP) is 3.97. The van der Waals surface area contributed by atoms with Crippen LogP contribution in [-0.2, 0) is 25.7 Å². The van der Waals surface area contributed by atoms with Crippen LogP contribution in [-0.4, -0.2) is 82.7 Å². The summed E-state index contributed by atoms with van der Waals surface area (Å²) in [5, 5.41) is 9.69. The van der Waals surface area contributed by atoms with Crippen molar-refractivity contribution in [3.8, 4) is 5.75 Å². The van der Waals surface area contributed by atoms with Crippen molar-refractivity contribution < 1.29 is 29.0 Å². The van der Waals surface area contributed by atoms with Crippen LogP contribution in [0.4, 0.5) is 5.69 Å². The lowest BCUT2D eigenvalue weighted by atomic mass is 9.66. The molecular weight excluding hydrogens is 558 g/mol. The van der Waals surface area contributed by atoms with Gasteiger partial charge in [0.05, 0.1) is 24.0 Å². The number of fused-ring (bicyclic) bond motifs is 1. The van der Waals surface area contributed by atoms with Gasteiger partial charge in [0.1, 0.15) is 17.4 Å². The third-order valence-electron chi connectivity index (χ3n) is 9.25. The second-order valence-corrected chi connectivity index (χ2v) is 12.0. The summed E-state index contributed by atoms with van der Waals surface area (Å²) in [5.41, 5.74) is -0.469. The molecule has 0 saturated carbocycles. The summed E-state index contributed by atoms with van der Waals surface area (Å²) in [7, 11) is 0. The fraction of sp³-hybridized carbons (Fsp3) is 0.457. The highest BCUT2D eigenvalue weighted by molar-refractivity contribution is 6.03. The number of nitrogens with zero attached hydrogens (tertiary/aromatic N) is 3. The Kier molecular flexibility index (Phi) is 9.27. The molecule has 9 heteroatoms. The molecule has 1 spiro atoms. The molecule has 3 heterocycles. The molecule has 5 atom stereocenters. The Morgan fingerprint density at radius 1 is 1.07 bits per heavy atom. The number of aliphatic hydroxyl groups excluding tert-OH is 1. The summed E-state index contributed by atoms with van der Waals surface area (Å²) < 4.78 is 12.4. The van der Waals surface area contributed by atoms with Crippen molar-refractivity contribution in [1.82, 2.24) is 9.80 Å². The van der Waals surface area contributed by atoms with Gasteiger partial charge in [0, 0.05) is 38.5 Å². The Hall–Kier alpha value is -3.95. The second kappa shape index (κ2) is 13.0. The molecule has 2 unspecified atom stereocenters. The largest absolute Gasteiger partial charge is 0.494 e. The van der Waals surface area contributed by atoms with E-state index in [-0.39, 0.29) is 44.0 Å². The number of benzene rings is 2. The van der Waals surface area contributed by atoms with Crippen molar-refractivity contribution in [2.24, 2.45) is 11.8 Å². The minimum absolute atomic E-state index is 0.130. The third-order valence-corrected chi connectivity index (χ3v) is 9.25. The van der Waals surface area contributed by atoms with Gasteiger partial charge in [-0.15, -0.1) is 13.2 Å². The first-order valence-electron chi connectivity index (χ1n) is 15.4. The molecule has 2 bridgehead atoms. The highest BCUT2D eigenvalue weighted by atomic mass is 16.5. The molecule has 2 aromatic rings. The molecule has 0 aromatic heterocycles. The summed E-state index contributed by atoms with van der Waals surface area (Å²) in [6.45, 7) is 13.0. The van der Waals surface area contributed by atoms with Gasteiger partial charge in [-0.05, 0) is 62.9 Å². The van der Waals surface area contributed by atoms with Gasteiger partial charge in [-0.1, -0.05) is 42.5 Å². The van der Waals surface area contributed by atoms with E-state index in [1.165, 1.54) is 0 Å². The van der Waals surface area contributed by atoms with Gasteiger partial charge in [-0.3, -0.25) is 14.4 Å². The number of likely N-dealkylation sites (tertiary alicyclic amines) is 1.